The Morgan fingerprint density at radius 2 is 2.15 bits per heavy atom. The minimum atomic E-state index is -0.0736. The molecule has 1 fully saturated rings. The standard InChI is InChI=1S/C16H22ClN3/c1-12(17)15-19-14-8-5-10-18-16(14)20(15)11-9-13-6-3-2-4-7-13/h5,8,10,12-13H,2-4,6-7,9,11H2,1H3. The summed E-state index contributed by atoms with van der Waals surface area (Å²) in [5, 5.41) is -0.0736. The molecule has 1 atom stereocenters. The molecule has 3 rings (SSSR count). The van der Waals surface area contributed by atoms with Gasteiger partial charge in [-0.25, -0.2) is 9.97 Å². The molecule has 2 aromatic rings. The van der Waals surface area contributed by atoms with Crippen molar-refractivity contribution in [3.8, 4) is 0 Å². The SMILES string of the molecule is CC(Cl)c1nc2cccnc2n1CCC1CCCCC1. The van der Waals surface area contributed by atoms with E-state index in [1.165, 1.54) is 38.5 Å². The van der Waals surface area contributed by atoms with Crippen LogP contribution in [0.3, 0.4) is 0 Å². The predicted octanol–water partition coefficient (Wildman–Crippen LogP) is 4.70. The Kier molecular flexibility index (Phi) is 4.25. The van der Waals surface area contributed by atoms with Crippen LogP contribution in [0.15, 0.2) is 18.3 Å². The van der Waals surface area contributed by atoms with Crippen LogP contribution in [0, 0.1) is 5.92 Å². The fourth-order valence-electron chi connectivity index (χ4n) is 3.29. The third kappa shape index (κ3) is 2.83. The summed E-state index contributed by atoms with van der Waals surface area (Å²) in [4.78, 5) is 9.13. The van der Waals surface area contributed by atoms with Crippen molar-refractivity contribution in [3.63, 3.8) is 0 Å². The molecule has 0 aliphatic heterocycles. The van der Waals surface area contributed by atoms with Gasteiger partial charge in [0.05, 0.1) is 5.38 Å². The number of hydrogen-bond donors (Lipinski definition) is 0. The average molecular weight is 292 g/mol. The normalized spacial score (nSPS) is 18.5. The molecular weight excluding hydrogens is 270 g/mol. The van der Waals surface area contributed by atoms with Crippen LogP contribution in [0.4, 0.5) is 0 Å². The summed E-state index contributed by atoms with van der Waals surface area (Å²) in [5.74, 6) is 1.82. The average Bonchev–Trinajstić information content (AvgIpc) is 2.85. The van der Waals surface area contributed by atoms with E-state index < -0.39 is 0 Å². The molecule has 2 aromatic heterocycles. The molecule has 20 heavy (non-hydrogen) atoms. The molecule has 4 heteroatoms. The molecular formula is C16H22ClN3. The van der Waals surface area contributed by atoms with Crippen LogP contribution in [0.25, 0.3) is 11.2 Å². The lowest BCUT2D eigenvalue weighted by molar-refractivity contribution is 0.323. The third-order valence-corrected chi connectivity index (χ3v) is 4.57. The van der Waals surface area contributed by atoms with Crippen molar-refractivity contribution in [1.29, 1.82) is 0 Å². The van der Waals surface area contributed by atoms with Crippen molar-refractivity contribution < 1.29 is 0 Å². The Balaban J connectivity index is 1.83. The number of alkyl halides is 1. The molecule has 1 saturated carbocycles. The molecule has 1 aliphatic rings. The van der Waals surface area contributed by atoms with E-state index >= 15 is 0 Å². The Bertz CT molecular complexity index is 570. The van der Waals surface area contributed by atoms with Crippen LogP contribution in [-0.4, -0.2) is 14.5 Å². The first-order valence-electron chi connectivity index (χ1n) is 7.71. The number of imidazole rings is 1. The van der Waals surface area contributed by atoms with Crippen LogP contribution in [0.1, 0.15) is 56.7 Å². The van der Waals surface area contributed by atoms with E-state index in [9.17, 15) is 0 Å². The van der Waals surface area contributed by atoms with Crippen molar-refractivity contribution in [2.24, 2.45) is 5.92 Å². The summed E-state index contributed by atoms with van der Waals surface area (Å²) < 4.78 is 2.22. The van der Waals surface area contributed by atoms with Gasteiger partial charge in [-0.15, -0.1) is 11.6 Å². The van der Waals surface area contributed by atoms with Gasteiger partial charge < -0.3 is 4.57 Å². The summed E-state index contributed by atoms with van der Waals surface area (Å²) in [6.45, 7) is 2.98. The topological polar surface area (TPSA) is 30.7 Å². The van der Waals surface area contributed by atoms with Gasteiger partial charge in [0.25, 0.3) is 0 Å². The number of aromatic nitrogens is 3. The fraction of sp³-hybridized carbons (Fsp3) is 0.625. The summed E-state index contributed by atoms with van der Waals surface area (Å²) in [6, 6.07) is 3.95. The zero-order valence-corrected chi connectivity index (χ0v) is 12.8. The van der Waals surface area contributed by atoms with Gasteiger partial charge in [-0.1, -0.05) is 32.1 Å². The van der Waals surface area contributed by atoms with E-state index in [4.69, 9.17) is 11.6 Å². The van der Waals surface area contributed by atoms with Crippen LogP contribution in [-0.2, 0) is 6.54 Å². The lowest BCUT2D eigenvalue weighted by atomic mass is 9.87. The highest BCUT2D eigenvalue weighted by Gasteiger charge is 2.18. The van der Waals surface area contributed by atoms with E-state index in [1.807, 2.05) is 25.3 Å². The first-order valence-corrected chi connectivity index (χ1v) is 8.14. The van der Waals surface area contributed by atoms with Crippen LogP contribution in [0.5, 0.6) is 0 Å². The minimum absolute atomic E-state index is 0.0736. The molecule has 3 nitrogen and oxygen atoms in total. The van der Waals surface area contributed by atoms with Crippen molar-refractivity contribution in [2.75, 3.05) is 0 Å². The van der Waals surface area contributed by atoms with Crippen LogP contribution in [0.2, 0.25) is 0 Å². The maximum atomic E-state index is 6.29. The van der Waals surface area contributed by atoms with Gasteiger partial charge in [-0.2, -0.15) is 0 Å². The zero-order valence-electron chi connectivity index (χ0n) is 12.1. The number of fused-ring (bicyclic) bond motifs is 1. The fourth-order valence-corrected chi connectivity index (χ4v) is 3.45. The molecule has 108 valence electrons. The van der Waals surface area contributed by atoms with Crippen molar-refractivity contribution in [3.05, 3.63) is 24.2 Å². The maximum Gasteiger partial charge on any atom is 0.160 e. The summed E-state index contributed by atoms with van der Waals surface area (Å²) >= 11 is 6.29. The van der Waals surface area contributed by atoms with Gasteiger partial charge in [-0.3, -0.25) is 0 Å². The lowest BCUT2D eigenvalue weighted by Gasteiger charge is -2.22. The van der Waals surface area contributed by atoms with Crippen molar-refractivity contribution >= 4 is 22.8 Å². The Labute approximate surface area is 125 Å². The van der Waals surface area contributed by atoms with Gasteiger partial charge in [0, 0.05) is 12.7 Å². The minimum Gasteiger partial charge on any atom is -0.311 e. The van der Waals surface area contributed by atoms with Gasteiger partial charge in [0.2, 0.25) is 0 Å². The predicted molar refractivity (Wildman–Crippen MR) is 83.0 cm³/mol. The molecule has 0 radical (unpaired) electrons. The Morgan fingerprint density at radius 3 is 2.90 bits per heavy atom. The second kappa shape index (κ2) is 6.13. The van der Waals surface area contributed by atoms with Crippen molar-refractivity contribution in [2.45, 2.75) is 57.4 Å². The number of hydrogen-bond acceptors (Lipinski definition) is 2. The largest absolute Gasteiger partial charge is 0.311 e. The second-order valence-electron chi connectivity index (χ2n) is 5.88. The first kappa shape index (κ1) is 13.9. The highest BCUT2D eigenvalue weighted by molar-refractivity contribution is 6.20. The molecule has 0 amide bonds. The molecule has 2 heterocycles. The second-order valence-corrected chi connectivity index (χ2v) is 6.53. The molecule has 1 aliphatic carbocycles. The van der Waals surface area contributed by atoms with Gasteiger partial charge >= 0.3 is 0 Å². The lowest BCUT2D eigenvalue weighted by Crippen LogP contribution is -2.12. The summed E-state index contributed by atoms with van der Waals surface area (Å²) in [7, 11) is 0. The van der Waals surface area contributed by atoms with E-state index in [0.29, 0.717) is 0 Å². The van der Waals surface area contributed by atoms with E-state index in [2.05, 4.69) is 14.5 Å². The quantitative estimate of drug-likeness (QED) is 0.764. The van der Waals surface area contributed by atoms with E-state index in [0.717, 1.165) is 29.5 Å². The number of halogens is 1. The number of nitrogens with zero attached hydrogens (tertiary/aromatic N) is 3. The molecule has 1 unspecified atom stereocenters. The van der Waals surface area contributed by atoms with Crippen LogP contribution < -0.4 is 0 Å². The third-order valence-electron chi connectivity index (χ3n) is 4.37. The smallest absolute Gasteiger partial charge is 0.160 e. The zero-order chi connectivity index (χ0) is 13.9. The highest BCUT2D eigenvalue weighted by atomic mass is 35.5. The number of pyridine rings is 1. The Hall–Kier alpha value is -1.09. The monoisotopic (exact) mass is 291 g/mol. The van der Waals surface area contributed by atoms with Gasteiger partial charge in [0.1, 0.15) is 11.3 Å². The number of rotatable bonds is 4. The first-order chi connectivity index (χ1) is 9.75. The molecule has 0 spiro atoms. The molecule has 0 bridgehead atoms. The molecule has 0 saturated heterocycles. The molecule has 0 aromatic carbocycles. The van der Waals surface area contributed by atoms with Gasteiger partial charge in [0.15, 0.2) is 5.65 Å². The van der Waals surface area contributed by atoms with Crippen LogP contribution >= 0.6 is 11.6 Å². The van der Waals surface area contributed by atoms with Gasteiger partial charge in [-0.05, 0) is 31.4 Å². The summed E-state index contributed by atoms with van der Waals surface area (Å²) in [6.07, 6.45) is 10.0. The summed E-state index contributed by atoms with van der Waals surface area (Å²) in [5.41, 5.74) is 1.93. The maximum absolute atomic E-state index is 6.29. The Morgan fingerprint density at radius 1 is 1.35 bits per heavy atom. The number of aryl methyl sites for hydroxylation is 1. The van der Waals surface area contributed by atoms with E-state index in [-0.39, 0.29) is 5.38 Å². The highest BCUT2D eigenvalue weighted by Crippen LogP contribution is 2.29. The molecule has 0 N–H and O–H groups in total. The van der Waals surface area contributed by atoms with Crippen molar-refractivity contribution in [1.82, 2.24) is 14.5 Å². The van der Waals surface area contributed by atoms with E-state index in [1.54, 1.807) is 0 Å².